The third kappa shape index (κ3) is 5.26. The molecule has 3 aliphatic carbocycles. The highest BCUT2D eigenvalue weighted by Gasteiger charge is 2.57. The minimum atomic E-state index is -1.51. The van der Waals surface area contributed by atoms with Crippen LogP contribution < -0.4 is 33.6 Å². The van der Waals surface area contributed by atoms with E-state index in [9.17, 15) is 15.0 Å². The topological polar surface area (TPSA) is 204 Å². The second kappa shape index (κ2) is 9.51. The van der Waals surface area contributed by atoms with Gasteiger partial charge < -0.3 is 53.3 Å². The van der Waals surface area contributed by atoms with E-state index in [4.69, 9.17) is 32.4 Å². The number of amides is 1. The van der Waals surface area contributed by atoms with E-state index in [0.29, 0.717) is 31.3 Å². The van der Waals surface area contributed by atoms with Gasteiger partial charge in [-0.25, -0.2) is 0 Å². The maximum Gasteiger partial charge on any atom is 0.253 e. The van der Waals surface area contributed by atoms with Gasteiger partial charge in [-0.3, -0.25) is 4.79 Å². The zero-order chi connectivity index (χ0) is 23.0. The molecule has 182 valence electrons. The zero-order valence-corrected chi connectivity index (χ0v) is 18.4. The summed E-state index contributed by atoms with van der Waals surface area (Å²) in [6.07, 6.45) is 3.26. The molecule has 1 amide bonds. The predicted molar refractivity (Wildman–Crippen MR) is 117 cm³/mol. The molecule has 0 aromatic rings. The predicted octanol–water partition coefficient (Wildman–Crippen LogP) is -2.91. The van der Waals surface area contributed by atoms with Crippen LogP contribution in [0.3, 0.4) is 0 Å². The summed E-state index contributed by atoms with van der Waals surface area (Å²) in [6, 6.07) is -1.49. The van der Waals surface area contributed by atoms with Crippen molar-refractivity contribution in [3.05, 3.63) is 11.8 Å². The number of rotatable bonds is 8. The molecule has 32 heavy (non-hydrogen) atoms. The van der Waals surface area contributed by atoms with Crippen molar-refractivity contribution in [1.82, 2.24) is 10.6 Å². The normalized spacial score (nSPS) is 45.9. The lowest BCUT2D eigenvalue weighted by Gasteiger charge is -2.41. The van der Waals surface area contributed by atoms with Crippen LogP contribution >= 0.6 is 0 Å². The fourth-order valence-corrected chi connectivity index (χ4v) is 4.84. The molecule has 4 aliphatic rings. The molecule has 11 nitrogen and oxygen atoms in total. The van der Waals surface area contributed by atoms with Crippen molar-refractivity contribution in [2.24, 2.45) is 28.9 Å². The number of hydrogen-bond acceptors (Lipinski definition) is 10. The molecule has 3 unspecified atom stereocenters. The number of nitrogens with one attached hydrogen (secondary N) is 2. The minimum absolute atomic E-state index is 0.238. The summed E-state index contributed by atoms with van der Waals surface area (Å²) in [5.41, 5.74) is 22.4. The quantitative estimate of drug-likeness (QED) is 0.188. The van der Waals surface area contributed by atoms with Crippen LogP contribution in [0.15, 0.2) is 11.8 Å². The van der Waals surface area contributed by atoms with E-state index >= 15 is 0 Å². The molecule has 11 heteroatoms. The molecule has 4 rings (SSSR count). The van der Waals surface area contributed by atoms with Crippen molar-refractivity contribution in [3.8, 4) is 0 Å². The van der Waals surface area contributed by atoms with Crippen molar-refractivity contribution in [2.75, 3.05) is 13.1 Å². The highest BCUT2D eigenvalue weighted by molar-refractivity contribution is 5.89. The van der Waals surface area contributed by atoms with Gasteiger partial charge in [0.1, 0.15) is 11.9 Å². The minimum Gasteiger partial charge on any atom is -0.467 e. The van der Waals surface area contributed by atoms with Gasteiger partial charge in [0.15, 0.2) is 5.60 Å². The van der Waals surface area contributed by atoms with E-state index < -0.39 is 42.1 Å². The van der Waals surface area contributed by atoms with Crippen LogP contribution in [0.4, 0.5) is 0 Å². The van der Waals surface area contributed by atoms with Gasteiger partial charge in [-0.15, -0.1) is 0 Å². The first-order valence-corrected chi connectivity index (χ1v) is 11.6. The largest absolute Gasteiger partial charge is 0.467 e. The van der Waals surface area contributed by atoms with Crippen LogP contribution in [0, 0.1) is 5.92 Å². The molecule has 3 saturated carbocycles. The number of carbonyl (C=O) groups is 1. The summed E-state index contributed by atoms with van der Waals surface area (Å²) in [4.78, 5) is 12.2. The second-order valence-corrected chi connectivity index (χ2v) is 9.99. The molecule has 0 aromatic heterocycles. The Morgan fingerprint density at radius 2 is 1.91 bits per heavy atom. The lowest BCUT2D eigenvalue weighted by Crippen LogP contribution is -2.59. The number of aliphatic hydroxyl groups excluding tert-OH is 1. The maximum atomic E-state index is 12.2. The van der Waals surface area contributed by atoms with Gasteiger partial charge in [0.25, 0.3) is 5.91 Å². The van der Waals surface area contributed by atoms with E-state index in [-0.39, 0.29) is 24.9 Å². The number of carbonyl (C=O) groups excluding carboxylic acids is 1. The van der Waals surface area contributed by atoms with Crippen LogP contribution in [0.2, 0.25) is 0 Å². The molecule has 0 spiro atoms. The molecule has 0 aromatic carbocycles. The molecular formula is C21H38N6O5. The summed E-state index contributed by atoms with van der Waals surface area (Å²) in [5.74, 6) is 0.861. The van der Waals surface area contributed by atoms with Crippen molar-refractivity contribution >= 4 is 5.91 Å². The molecule has 0 bridgehead atoms. The van der Waals surface area contributed by atoms with Gasteiger partial charge in [-0.2, -0.15) is 0 Å². The Morgan fingerprint density at radius 1 is 1.19 bits per heavy atom. The van der Waals surface area contributed by atoms with Crippen LogP contribution in [0.1, 0.15) is 38.5 Å². The fraction of sp³-hybridized carbons (Fsp3) is 0.857. The summed E-state index contributed by atoms with van der Waals surface area (Å²) >= 11 is 0. The van der Waals surface area contributed by atoms with Crippen molar-refractivity contribution in [2.45, 2.75) is 92.8 Å². The highest BCUT2D eigenvalue weighted by atomic mass is 16.7. The molecule has 0 saturated heterocycles. The molecule has 3 fully saturated rings. The third-order valence-corrected chi connectivity index (χ3v) is 7.13. The lowest BCUT2D eigenvalue weighted by molar-refractivity contribution is -0.202. The van der Waals surface area contributed by atoms with E-state index in [1.54, 1.807) is 0 Å². The Kier molecular flexibility index (Phi) is 7.08. The van der Waals surface area contributed by atoms with E-state index in [1.807, 2.05) is 6.08 Å². The summed E-state index contributed by atoms with van der Waals surface area (Å²) in [6.45, 7) is 1.47. The summed E-state index contributed by atoms with van der Waals surface area (Å²) in [7, 11) is 0. The average Bonchev–Trinajstić information content (AvgIpc) is 3.33. The average molecular weight is 455 g/mol. The van der Waals surface area contributed by atoms with Crippen molar-refractivity contribution in [3.63, 3.8) is 0 Å². The number of ether oxygens (including phenoxy) is 2. The van der Waals surface area contributed by atoms with Gasteiger partial charge in [0.2, 0.25) is 6.29 Å². The van der Waals surface area contributed by atoms with Gasteiger partial charge >= 0.3 is 0 Å². The number of aliphatic hydroxyl groups is 2. The van der Waals surface area contributed by atoms with Crippen LogP contribution in [-0.2, 0) is 14.3 Å². The van der Waals surface area contributed by atoms with Crippen LogP contribution in [0.5, 0.6) is 0 Å². The molecule has 12 N–H and O–H groups in total. The number of nitrogens with two attached hydrogens (primary N) is 4. The SMILES string of the molecule is NC1CC(CNCC2=CC[C@@H](N)[C@@H](OC3[C@H](O)C[C@H](NC(=O)C4(O)CC4N)C[C@@H]3N)O2)C1. The Labute approximate surface area is 188 Å². The van der Waals surface area contributed by atoms with E-state index in [2.05, 4.69) is 10.6 Å². The summed E-state index contributed by atoms with van der Waals surface area (Å²) in [5, 5.41) is 26.9. The molecule has 1 heterocycles. The summed E-state index contributed by atoms with van der Waals surface area (Å²) < 4.78 is 12.0. The second-order valence-electron chi connectivity index (χ2n) is 9.99. The highest BCUT2D eigenvalue weighted by Crippen LogP contribution is 2.35. The Bertz CT molecular complexity index is 707. The number of hydrogen-bond donors (Lipinski definition) is 8. The van der Waals surface area contributed by atoms with Gasteiger partial charge in [0, 0.05) is 30.6 Å². The van der Waals surface area contributed by atoms with Crippen molar-refractivity contribution in [1.29, 1.82) is 0 Å². The van der Waals surface area contributed by atoms with Crippen LogP contribution in [0.25, 0.3) is 0 Å². The third-order valence-electron chi connectivity index (χ3n) is 7.13. The maximum absolute atomic E-state index is 12.2. The van der Waals surface area contributed by atoms with Gasteiger partial charge in [0.05, 0.1) is 18.7 Å². The molecule has 8 atom stereocenters. The Balaban J connectivity index is 1.24. The van der Waals surface area contributed by atoms with Gasteiger partial charge in [-0.05, 0) is 50.6 Å². The standard InChI is InChI=1S/C21H38N6O5/c22-11-3-10(4-11)8-26-9-13-1-2-14(23)19(31-13)32-18-15(24)5-12(6-16(18)28)27-20(29)21(30)7-17(21)25/h1,10-12,14-19,26,28,30H,2-9,22-25H2,(H,27,29)/t10?,11?,12-,14-,15+,16-,17?,18?,19-,21?/m1/s1. The van der Waals surface area contributed by atoms with Crippen molar-refractivity contribution < 1.29 is 24.5 Å². The lowest BCUT2D eigenvalue weighted by atomic mass is 9.81. The first kappa shape index (κ1) is 23.8. The Hall–Kier alpha value is -1.31. The monoisotopic (exact) mass is 454 g/mol. The first-order chi connectivity index (χ1) is 15.2. The molecule has 0 radical (unpaired) electrons. The van der Waals surface area contributed by atoms with E-state index in [1.165, 1.54) is 0 Å². The van der Waals surface area contributed by atoms with Crippen LogP contribution in [-0.4, -0.2) is 83.5 Å². The fourth-order valence-electron chi connectivity index (χ4n) is 4.84. The van der Waals surface area contributed by atoms with E-state index in [0.717, 1.165) is 25.1 Å². The first-order valence-electron chi connectivity index (χ1n) is 11.6. The molecule has 1 aliphatic heterocycles. The smallest absolute Gasteiger partial charge is 0.253 e. The molecular weight excluding hydrogens is 416 g/mol. The Morgan fingerprint density at radius 3 is 2.53 bits per heavy atom. The van der Waals surface area contributed by atoms with Gasteiger partial charge in [-0.1, -0.05) is 0 Å². The zero-order valence-electron chi connectivity index (χ0n) is 18.4.